The van der Waals surface area contributed by atoms with Crippen molar-refractivity contribution in [2.75, 3.05) is 20.3 Å². The summed E-state index contributed by atoms with van der Waals surface area (Å²) >= 11 is 1.26. The number of carbonyl (C=O) groups excluding carboxylic acids is 2. The molecule has 1 atom stereocenters. The van der Waals surface area contributed by atoms with Crippen LogP contribution in [0.25, 0.3) is 10.6 Å². The molecule has 0 radical (unpaired) electrons. The number of amides is 1. The van der Waals surface area contributed by atoms with Gasteiger partial charge in [0, 0.05) is 18.7 Å². The second-order valence-electron chi connectivity index (χ2n) is 8.84. The quantitative estimate of drug-likeness (QED) is 0.288. The summed E-state index contributed by atoms with van der Waals surface area (Å²) in [5, 5.41) is 11.7. The van der Waals surface area contributed by atoms with Crippen LogP contribution in [0.15, 0.2) is 65.9 Å². The third kappa shape index (κ3) is 5.20. The van der Waals surface area contributed by atoms with Gasteiger partial charge in [-0.2, -0.15) is 0 Å². The van der Waals surface area contributed by atoms with Crippen molar-refractivity contribution in [3.8, 4) is 16.3 Å². The van der Waals surface area contributed by atoms with E-state index in [2.05, 4.69) is 4.98 Å². The molecule has 0 fully saturated rings. The van der Waals surface area contributed by atoms with Crippen molar-refractivity contribution in [2.24, 2.45) is 0 Å². The number of aromatic nitrogens is 1. The molecule has 1 N–H and O–H groups in total. The molecular formula is C28H30N2O5S. The normalized spacial score (nSPS) is 15.8. The molecule has 0 aliphatic carbocycles. The van der Waals surface area contributed by atoms with Crippen molar-refractivity contribution >= 4 is 23.0 Å². The van der Waals surface area contributed by atoms with Gasteiger partial charge in [-0.25, -0.2) is 4.98 Å². The van der Waals surface area contributed by atoms with Crippen LogP contribution in [0.1, 0.15) is 47.2 Å². The predicted molar refractivity (Wildman–Crippen MR) is 139 cm³/mol. The van der Waals surface area contributed by atoms with Gasteiger partial charge in [0.15, 0.2) is 5.76 Å². The summed E-state index contributed by atoms with van der Waals surface area (Å²) in [6.45, 7) is 6.47. The van der Waals surface area contributed by atoms with Crippen molar-refractivity contribution in [2.45, 2.75) is 39.3 Å². The number of methoxy groups -OCH3 is 1. The first-order valence-electron chi connectivity index (χ1n) is 11.9. The Kier molecular flexibility index (Phi) is 7.86. The number of carbonyl (C=O) groups is 2. The molecule has 2 heterocycles. The van der Waals surface area contributed by atoms with Crippen LogP contribution in [-0.2, 0) is 9.53 Å². The van der Waals surface area contributed by atoms with Crippen LogP contribution in [0.2, 0.25) is 0 Å². The SMILES string of the molecule is COc1ccc(C2C(C(=O)c3sc(-c4ccccc4)nc3C)=C(O)C(=O)N2CCCOC(C)C)cc1. The fraction of sp³-hybridized carbons (Fsp3) is 0.321. The van der Waals surface area contributed by atoms with E-state index in [-0.39, 0.29) is 17.5 Å². The van der Waals surface area contributed by atoms with Crippen LogP contribution in [0, 0.1) is 6.92 Å². The molecule has 0 saturated heterocycles. The van der Waals surface area contributed by atoms with Gasteiger partial charge in [-0.05, 0) is 44.9 Å². The van der Waals surface area contributed by atoms with Crippen LogP contribution in [-0.4, -0.2) is 53.0 Å². The number of thiazole rings is 1. The number of hydrogen-bond donors (Lipinski definition) is 1. The Morgan fingerprint density at radius 2 is 1.83 bits per heavy atom. The molecule has 1 aliphatic heterocycles. The predicted octanol–water partition coefficient (Wildman–Crippen LogP) is 5.52. The molecule has 2 aromatic carbocycles. The Morgan fingerprint density at radius 3 is 2.47 bits per heavy atom. The van der Waals surface area contributed by atoms with Crippen molar-refractivity contribution in [3.63, 3.8) is 0 Å². The highest BCUT2D eigenvalue weighted by atomic mass is 32.1. The van der Waals surface area contributed by atoms with Crippen molar-refractivity contribution in [1.82, 2.24) is 9.88 Å². The number of aliphatic hydroxyl groups excluding tert-OH is 1. The molecule has 0 saturated carbocycles. The van der Waals surface area contributed by atoms with E-state index in [1.54, 1.807) is 31.1 Å². The Morgan fingerprint density at radius 1 is 1.14 bits per heavy atom. The lowest BCUT2D eigenvalue weighted by Crippen LogP contribution is -2.32. The maximum Gasteiger partial charge on any atom is 0.290 e. The highest BCUT2D eigenvalue weighted by Gasteiger charge is 2.44. The molecule has 0 bridgehead atoms. The molecule has 0 spiro atoms. The van der Waals surface area contributed by atoms with E-state index in [0.717, 1.165) is 5.56 Å². The largest absolute Gasteiger partial charge is 0.503 e. The summed E-state index contributed by atoms with van der Waals surface area (Å²) < 4.78 is 10.9. The number of hydrogen-bond acceptors (Lipinski definition) is 7. The second kappa shape index (κ2) is 11.1. The van der Waals surface area contributed by atoms with Crippen LogP contribution in [0.4, 0.5) is 0 Å². The minimum absolute atomic E-state index is 0.0707. The lowest BCUT2D eigenvalue weighted by atomic mass is 9.95. The van der Waals surface area contributed by atoms with Gasteiger partial charge in [-0.15, -0.1) is 11.3 Å². The molecule has 8 heteroatoms. The standard InChI is InChI=1S/C28H30N2O5S/c1-17(2)35-16-8-15-30-23(19-11-13-21(34-4)14-12-19)22(25(32)28(30)33)24(31)26-18(3)29-27(36-26)20-9-6-5-7-10-20/h5-7,9-14,17,23,32H,8,15-16H2,1-4H3. The van der Waals surface area contributed by atoms with E-state index < -0.39 is 17.7 Å². The Hall–Kier alpha value is -3.49. The zero-order chi connectivity index (χ0) is 25.8. The monoisotopic (exact) mass is 506 g/mol. The number of aliphatic hydroxyl groups is 1. The summed E-state index contributed by atoms with van der Waals surface area (Å²) in [5.74, 6) is -0.805. The highest BCUT2D eigenvalue weighted by molar-refractivity contribution is 7.17. The number of aryl methyl sites for hydroxylation is 1. The third-order valence-corrected chi connectivity index (χ3v) is 7.20. The summed E-state index contributed by atoms with van der Waals surface area (Å²) in [6, 6.07) is 16.1. The van der Waals surface area contributed by atoms with E-state index in [9.17, 15) is 14.7 Å². The maximum atomic E-state index is 13.9. The second-order valence-corrected chi connectivity index (χ2v) is 9.84. The molecule has 1 aliphatic rings. The van der Waals surface area contributed by atoms with Crippen molar-refractivity contribution < 1.29 is 24.2 Å². The van der Waals surface area contributed by atoms with Gasteiger partial charge in [0.05, 0.1) is 35.4 Å². The Labute approximate surface area is 215 Å². The van der Waals surface area contributed by atoms with E-state index in [0.29, 0.717) is 46.5 Å². The molecule has 4 rings (SSSR count). The first kappa shape index (κ1) is 25.6. The van der Waals surface area contributed by atoms with Gasteiger partial charge in [0.1, 0.15) is 10.8 Å². The first-order chi connectivity index (χ1) is 17.3. The van der Waals surface area contributed by atoms with E-state index >= 15 is 0 Å². The number of ether oxygens (including phenoxy) is 2. The molecule has 1 unspecified atom stereocenters. The number of rotatable bonds is 10. The molecule has 36 heavy (non-hydrogen) atoms. The fourth-order valence-electron chi connectivity index (χ4n) is 4.24. The molecule has 3 aromatic rings. The van der Waals surface area contributed by atoms with Gasteiger partial charge >= 0.3 is 0 Å². The average Bonchev–Trinajstić information content (AvgIpc) is 3.39. The number of nitrogens with zero attached hydrogens (tertiary/aromatic N) is 2. The van der Waals surface area contributed by atoms with Crippen molar-refractivity contribution in [1.29, 1.82) is 0 Å². The molecule has 7 nitrogen and oxygen atoms in total. The van der Waals surface area contributed by atoms with E-state index in [4.69, 9.17) is 9.47 Å². The van der Waals surface area contributed by atoms with Crippen molar-refractivity contribution in [3.05, 3.63) is 82.1 Å². The third-order valence-electron chi connectivity index (χ3n) is 6.00. The first-order valence-corrected chi connectivity index (χ1v) is 12.7. The number of Topliss-reactive ketones (excluding diaryl/α,β-unsaturated/α-hetero) is 1. The minimum Gasteiger partial charge on any atom is -0.503 e. The summed E-state index contributed by atoms with van der Waals surface area (Å²) in [4.78, 5) is 33.6. The lowest BCUT2D eigenvalue weighted by Gasteiger charge is -2.27. The lowest BCUT2D eigenvalue weighted by molar-refractivity contribution is -0.129. The van der Waals surface area contributed by atoms with Crippen LogP contribution < -0.4 is 4.74 Å². The van der Waals surface area contributed by atoms with Gasteiger partial charge in [0.25, 0.3) is 5.91 Å². The molecule has 1 amide bonds. The maximum absolute atomic E-state index is 13.9. The highest BCUT2D eigenvalue weighted by Crippen LogP contribution is 2.41. The zero-order valence-corrected chi connectivity index (χ0v) is 21.7. The zero-order valence-electron chi connectivity index (χ0n) is 20.9. The van der Waals surface area contributed by atoms with Gasteiger partial charge < -0.3 is 19.5 Å². The van der Waals surface area contributed by atoms with Crippen LogP contribution >= 0.6 is 11.3 Å². The van der Waals surface area contributed by atoms with E-state index in [1.165, 1.54) is 11.3 Å². The van der Waals surface area contributed by atoms with Gasteiger partial charge in [-0.3, -0.25) is 9.59 Å². The van der Waals surface area contributed by atoms with Crippen LogP contribution in [0.3, 0.4) is 0 Å². The average molecular weight is 507 g/mol. The fourth-order valence-corrected chi connectivity index (χ4v) is 5.26. The summed E-state index contributed by atoms with van der Waals surface area (Å²) in [5.41, 5.74) is 2.26. The number of ketones is 1. The summed E-state index contributed by atoms with van der Waals surface area (Å²) in [6.07, 6.45) is 0.650. The van der Waals surface area contributed by atoms with Gasteiger partial charge in [0.2, 0.25) is 5.78 Å². The molecule has 1 aromatic heterocycles. The molecule has 188 valence electrons. The van der Waals surface area contributed by atoms with Crippen LogP contribution in [0.5, 0.6) is 5.75 Å². The Balaban J connectivity index is 1.70. The minimum atomic E-state index is -0.725. The number of benzene rings is 2. The Bertz CT molecular complexity index is 1260. The molecular weight excluding hydrogens is 476 g/mol. The summed E-state index contributed by atoms with van der Waals surface area (Å²) in [7, 11) is 1.58. The van der Waals surface area contributed by atoms with Gasteiger partial charge in [-0.1, -0.05) is 42.5 Å². The smallest absolute Gasteiger partial charge is 0.290 e. The van der Waals surface area contributed by atoms with E-state index in [1.807, 2.05) is 56.3 Å². The topological polar surface area (TPSA) is 89.0 Å².